The molecule has 1 fully saturated rings. The second kappa shape index (κ2) is 12.5. The number of H-pyrrole nitrogens is 1. The highest BCUT2D eigenvalue weighted by Crippen LogP contribution is 2.43. The zero-order valence-electron chi connectivity index (χ0n) is 21.7. The number of alkyl halides is 2. The molecule has 0 unspecified atom stereocenters. The number of benzene rings is 1. The van der Waals surface area contributed by atoms with Crippen LogP contribution in [0.3, 0.4) is 0 Å². The summed E-state index contributed by atoms with van der Waals surface area (Å²) in [4.78, 5) is 30.1. The summed E-state index contributed by atoms with van der Waals surface area (Å²) in [5.41, 5.74) is 1.39. The van der Waals surface area contributed by atoms with Gasteiger partial charge in [-0.2, -0.15) is 0 Å². The van der Waals surface area contributed by atoms with Crippen LogP contribution in [0.25, 0.3) is 11.6 Å². The van der Waals surface area contributed by atoms with Crippen molar-refractivity contribution in [1.29, 1.82) is 0 Å². The van der Waals surface area contributed by atoms with E-state index in [-0.39, 0.29) is 47.8 Å². The fourth-order valence-corrected chi connectivity index (χ4v) is 5.44. The molecule has 0 saturated carbocycles. The van der Waals surface area contributed by atoms with Crippen LogP contribution in [-0.2, 0) is 31.4 Å². The number of ether oxygens (including phenoxy) is 2. The fraction of sp³-hybridized carbons (Fsp3) is 0.429. The largest absolute Gasteiger partial charge is 0.464 e. The molecular formula is C28H31BrF3N3O4. The van der Waals surface area contributed by atoms with E-state index < -0.39 is 24.1 Å². The summed E-state index contributed by atoms with van der Waals surface area (Å²) in [6.45, 7) is 8.93. The topological polar surface area (TPSA) is 83.7 Å². The van der Waals surface area contributed by atoms with Gasteiger partial charge < -0.3 is 19.8 Å². The summed E-state index contributed by atoms with van der Waals surface area (Å²) in [5, 5.41) is 2.65. The van der Waals surface area contributed by atoms with Crippen molar-refractivity contribution in [2.75, 3.05) is 44.8 Å². The number of esters is 1. The third-order valence-corrected chi connectivity index (χ3v) is 7.44. The highest BCUT2D eigenvalue weighted by molar-refractivity contribution is 9.10. The van der Waals surface area contributed by atoms with E-state index in [1.165, 1.54) is 18.2 Å². The molecule has 0 bridgehead atoms. The Bertz CT molecular complexity index is 1290. The normalized spacial score (nSPS) is 16.8. The summed E-state index contributed by atoms with van der Waals surface area (Å²) in [6, 6.07) is 2.41. The lowest BCUT2D eigenvalue weighted by Gasteiger charge is -2.26. The highest BCUT2D eigenvalue weighted by atomic mass is 79.9. The molecule has 1 aromatic carbocycles. The maximum absolute atomic E-state index is 15.4. The van der Waals surface area contributed by atoms with Crippen LogP contribution in [0.2, 0.25) is 0 Å². The third-order valence-electron chi connectivity index (χ3n) is 6.81. The standard InChI is InChI=1S/C28H31BrF3N3O4/c1-3-7-28(31,32)25-19(5-4-6-24(36)39-13-10-35-8-11-38-12-9-35)17(2)33-23(25)16-21-20-14-18(30)15-22(29)26(20)34-27(21)37/h3,14-16,33H,1,4-13H2,2H3,(H,34,37)/b21-16-. The van der Waals surface area contributed by atoms with Gasteiger partial charge in [-0.15, -0.1) is 6.58 Å². The molecule has 1 saturated heterocycles. The Morgan fingerprint density at radius 1 is 1.31 bits per heavy atom. The number of rotatable bonds is 11. The van der Waals surface area contributed by atoms with Gasteiger partial charge in [0.1, 0.15) is 12.4 Å². The number of nitrogens with one attached hydrogen (secondary N) is 2. The first-order valence-corrected chi connectivity index (χ1v) is 13.6. The minimum Gasteiger partial charge on any atom is -0.464 e. The second-order valence-electron chi connectivity index (χ2n) is 9.56. The Hall–Kier alpha value is -2.89. The van der Waals surface area contributed by atoms with Crippen molar-refractivity contribution in [1.82, 2.24) is 9.88 Å². The van der Waals surface area contributed by atoms with Crippen LogP contribution >= 0.6 is 15.9 Å². The fourth-order valence-electron chi connectivity index (χ4n) is 4.91. The lowest BCUT2D eigenvalue weighted by molar-refractivity contribution is -0.144. The zero-order chi connectivity index (χ0) is 28.2. The number of aromatic amines is 1. The molecule has 0 atom stereocenters. The molecule has 0 radical (unpaired) electrons. The number of anilines is 1. The molecular weight excluding hydrogens is 579 g/mol. The summed E-state index contributed by atoms with van der Waals surface area (Å²) in [5.74, 6) is -4.76. The smallest absolute Gasteiger partial charge is 0.305 e. The number of allylic oxidation sites excluding steroid dienone is 1. The van der Waals surface area contributed by atoms with E-state index in [2.05, 4.69) is 37.7 Å². The summed E-state index contributed by atoms with van der Waals surface area (Å²) >= 11 is 3.23. The van der Waals surface area contributed by atoms with Gasteiger partial charge in [-0.25, -0.2) is 13.2 Å². The molecule has 210 valence electrons. The number of amides is 1. The lowest BCUT2D eigenvalue weighted by atomic mass is 9.94. The molecule has 11 heteroatoms. The summed E-state index contributed by atoms with van der Waals surface area (Å²) in [6.07, 6.45) is 2.45. The van der Waals surface area contributed by atoms with Gasteiger partial charge in [0.2, 0.25) is 0 Å². The van der Waals surface area contributed by atoms with Gasteiger partial charge in [0.05, 0.1) is 24.5 Å². The Morgan fingerprint density at radius 3 is 2.77 bits per heavy atom. The molecule has 2 aliphatic heterocycles. The molecule has 2 aliphatic rings. The Kier molecular flexibility index (Phi) is 9.35. The van der Waals surface area contributed by atoms with Crippen LogP contribution < -0.4 is 5.32 Å². The Morgan fingerprint density at radius 2 is 2.05 bits per heavy atom. The van der Waals surface area contributed by atoms with Crippen molar-refractivity contribution in [3.05, 3.63) is 63.2 Å². The monoisotopic (exact) mass is 609 g/mol. The molecule has 7 nitrogen and oxygen atoms in total. The van der Waals surface area contributed by atoms with E-state index in [9.17, 15) is 14.0 Å². The van der Waals surface area contributed by atoms with Crippen LogP contribution in [0.15, 0.2) is 29.3 Å². The lowest BCUT2D eigenvalue weighted by Crippen LogP contribution is -2.38. The molecule has 0 aliphatic carbocycles. The first-order valence-electron chi connectivity index (χ1n) is 12.8. The van der Waals surface area contributed by atoms with Crippen LogP contribution in [-0.4, -0.2) is 61.2 Å². The quantitative estimate of drug-likeness (QED) is 0.197. The molecule has 0 spiro atoms. The van der Waals surface area contributed by atoms with Crippen molar-refractivity contribution in [3.63, 3.8) is 0 Å². The number of hydrogen-bond acceptors (Lipinski definition) is 5. The summed E-state index contributed by atoms with van der Waals surface area (Å²) < 4.78 is 55.9. The maximum Gasteiger partial charge on any atom is 0.305 e. The van der Waals surface area contributed by atoms with Gasteiger partial charge in [0.15, 0.2) is 0 Å². The van der Waals surface area contributed by atoms with Crippen molar-refractivity contribution < 1.29 is 32.2 Å². The molecule has 2 aromatic rings. The number of nitrogens with zero attached hydrogens (tertiary/aromatic N) is 1. The zero-order valence-corrected chi connectivity index (χ0v) is 23.3. The van der Waals surface area contributed by atoms with Gasteiger partial charge in [0, 0.05) is 59.5 Å². The molecule has 2 N–H and O–H groups in total. The number of carbonyl (C=O) groups is 2. The number of halogens is 4. The molecule has 39 heavy (non-hydrogen) atoms. The number of hydrogen-bond donors (Lipinski definition) is 2. The van der Waals surface area contributed by atoms with E-state index in [0.29, 0.717) is 47.6 Å². The van der Waals surface area contributed by atoms with Crippen LogP contribution in [0, 0.1) is 12.7 Å². The molecule has 1 aromatic heterocycles. The number of morpholine rings is 1. The molecule has 1 amide bonds. The van der Waals surface area contributed by atoms with E-state index in [0.717, 1.165) is 19.2 Å². The van der Waals surface area contributed by atoms with Gasteiger partial charge in [-0.3, -0.25) is 14.5 Å². The Balaban J connectivity index is 1.52. The van der Waals surface area contributed by atoms with E-state index in [1.807, 2.05) is 0 Å². The van der Waals surface area contributed by atoms with Gasteiger partial charge >= 0.3 is 5.97 Å². The minimum atomic E-state index is -3.28. The van der Waals surface area contributed by atoms with E-state index in [4.69, 9.17) is 9.47 Å². The van der Waals surface area contributed by atoms with Crippen molar-refractivity contribution in [2.24, 2.45) is 0 Å². The van der Waals surface area contributed by atoms with Crippen molar-refractivity contribution in [3.8, 4) is 0 Å². The predicted octanol–water partition coefficient (Wildman–Crippen LogP) is 5.58. The third kappa shape index (κ3) is 6.82. The predicted molar refractivity (Wildman–Crippen MR) is 146 cm³/mol. The van der Waals surface area contributed by atoms with Gasteiger partial charge in [0.25, 0.3) is 11.8 Å². The Labute approximate surface area is 233 Å². The highest BCUT2D eigenvalue weighted by Gasteiger charge is 2.37. The van der Waals surface area contributed by atoms with Crippen LogP contribution in [0.5, 0.6) is 0 Å². The van der Waals surface area contributed by atoms with E-state index >= 15 is 8.78 Å². The van der Waals surface area contributed by atoms with Crippen LogP contribution in [0.1, 0.15) is 47.3 Å². The number of carbonyl (C=O) groups excluding carboxylic acids is 2. The molecule has 4 rings (SSSR count). The van der Waals surface area contributed by atoms with Crippen molar-refractivity contribution >= 4 is 45.1 Å². The SMILES string of the molecule is C=CCC(F)(F)c1c(/C=C2\C(=O)Nc3c(Br)cc(F)cc32)[nH]c(C)c1CCCC(=O)OCCN1CCOCC1. The first-order chi connectivity index (χ1) is 18.6. The van der Waals surface area contributed by atoms with Crippen molar-refractivity contribution in [2.45, 2.75) is 38.5 Å². The molecule has 3 heterocycles. The van der Waals surface area contributed by atoms with Gasteiger partial charge in [-0.1, -0.05) is 6.08 Å². The van der Waals surface area contributed by atoms with Gasteiger partial charge in [-0.05, 0) is 59.5 Å². The average molecular weight is 610 g/mol. The maximum atomic E-state index is 15.4. The van der Waals surface area contributed by atoms with Crippen LogP contribution in [0.4, 0.5) is 18.9 Å². The van der Waals surface area contributed by atoms with E-state index in [1.54, 1.807) is 6.92 Å². The first kappa shape index (κ1) is 29.1. The number of fused-ring (bicyclic) bond motifs is 1. The number of aromatic nitrogens is 1. The minimum absolute atomic E-state index is 0.0563. The summed E-state index contributed by atoms with van der Waals surface area (Å²) in [7, 11) is 0. The average Bonchev–Trinajstić information content (AvgIpc) is 3.36. The second-order valence-corrected chi connectivity index (χ2v) is 10.4. The number of aryl methyl sites for hydroxylation is 1.